The van der Waals surface area contributed by atoms with Gasteiger partial charge in [-0.3, -0.25) is 14.3 Å². The Hall–Kier alpha value is -5.69. The number of aliphatic hydroxyl groups excluding tert-OH is 1. The molecule has 12 heteroatoms. The van der Waals surface area contributed by atoms with Crippen molar-refractivity contribution in [1.82, 2.24) is 19.8 Å². The number of aryl methyl sites for hydroxylation is 2. The zero-order valence-corrected chi connectivity index (χ0v) is 29.8. The number of aliphatic hydroxyl groups is 1. The summed E-state index contributed by atoms with van der Waals surface area (Å²) in [7, 11) is 0. The summed E-state index contributed by atoms with van der Waals surface area (Å²) in [6, 6.07) is 27.5. The van der Waals surface area contributed by atoms with Crippen molar-refractivity contribution in [2.24, 2.45) is 5.92 Å². The average molecular weight is 730 g/mol. The fourth-order valence-electron chi connectivity index (χ4n) is 8.33. The van der Waals surface area contributed by atoms with Crippen LogP contribution in [0.5, 0.6) is 5.75 Å². The molecule has 1 amide bonds. The van der Waals surface area contributed by atoms with Crippen molar-refractivity contribution < 1.29 is 24.5 Å². The van der Waals surface area contributed by atoms with Crippen molar-refractivity contribution in [3.63, 3.8) is 0 Å². The van der Waals surface area contributed by atoms with Crippen molar-refractivity contribution in [3.8, 4) is 16.9 Å². The normalized spacial score (nSPS) is 18.6. The van der Waals surface area contributed by atoms with E-state index in [9.17, 15) is 29.7 Å². The number of carbonyl (C=O) groups is 1. The number of aromatic amines is 1. The topological polar surface area (TPSA) is 164 Å². The standard InChI is InChI=1S/C42H43N5O7/c48-36-13-11-31(32-12-15-39(50)44-40(32)36)37(49)24-43-23-27-9-14-38-34(22-27)46(42(53)54-38)18-4-5-26-8-10-30(28-6-2-1-3-7-28)33(21-26)47(41(51)52)35-25-45-19-16-29(35)17-20-45/h1-3,6-15,21-22,29,35,37,43,48-49H,4-5,16-20,23-25H2,(H,44,50)(H,51,52)/t35-,37+/m0/s1. The Labute approximate surface area is 310 Å². The number of hydrogen-bond acceptors (Lipinski definition) is 8. The number of anilines is 1. The molecule has 12 nitrogen and oxygen atoms in total. The van der Waals surface area contributed by atoms with Gasteiger partial charge in [-0.15, -0.1) is 0 Å². The number of phenolic OH excluding ortho intramolecular Hbond substituents is 1. The number of rotatable bonds is 12. The van der Waals surface area contributed by atoms with Gasteiger partial charge in [-0.25, -0.2) is 9.59 Å². The average Bonchev–Trinajstić information content (AvgIpc) is 3.49. The first-order valence-corrected chi connectivity index (χ1v) is 18.5. The van der Waals surface area contributed by atoms with Gasteiger partial charge in [-0.1, -0.05) is 54.6 Å². The van der Waals surface area contributed by atoms with E-state index >= 15 is 0 Å². The molecule has 0 unspecified atom stereocenters. The predicted octanol–water partition coefficient (Wildman–Crippen LogP) is 5.84. The van der Waals surface area contributed by atoms with Gasteiger partial charge in [0.2, 0.25) is 5.56 Å². The first-order chi connectivity index (χ1) is 26.2. The molecule has 0 radical (unpaired) electrons. The Balaban J connectivity index is 0.973. The first-order valence-electron chi connectivity index (χ1n) is 18.5. The number of carboxylic acid groups (broad SMARTS) is 1. The highest BCUT2D eigenvalue weighted by atomic mass is 16.4. The number of nitrogens with one attached hydrogen (secondary N) is 2. The summed E-state index contributed by atoms with van der Waals surface area (Å²) in [5.74, 6) is -0.180. The van der Waals surface area contributed by atoms with E-state index in [0.29, 0.717) is 59.6 Å². The zero-order chi connectivity index (χ0) is 37.3. The van der Waals surface area contributed by atoms with E-state index in [2.05, 4.69) is 21.3 Å². The third-order valence-corrected chi connectivity index (χ3v) is 11.1. The van der Waals surface area contributed by atoms with Crippen LogP contribution in [0.1, 0.15) is 42.1 Å². The van der Waals surface area contributed by atoms with Crippen LogP contribution < -0.4 is 21.5 Å². The van der Waals surface area contributed by atoms with E-state index in [-0.39, 0.29) is 29.4 Å². The summed E-state index contributed by atoms with van der Waals surface area (Å²) in [5.41, 5.74) is 6.11. The van der Waals surface area contributed by atoms with Gasteiger partial charge in [0.25, 0.3) is 0 Å². The molecule has 2 aromatic heterocycles. The van der Waals surface area contributed by atoms with Crippen LogP contribution in [0.15, 0.2) is 105 Å². The summed E-state index contributed by atoms with van der Waals surface area (Å²) < 4.78 is 7.21. The molecule has 3 saturated heterocycles. The monoisotopic (exact) mass is 729 g/mol. The molecule has 3 aliphatic heterocycles. The van der Waals surface area contributed by atoms with Crippen molar-refractivity contribution in [2.75, 3.05) is 31.1 Å². The minimum absolute atomic E-state index is 0.0683. The Morgan fingerprint density at radius 2 is 1.76 bits per heavy atom. The minimum atomic E-state index is -0.939. The van der Waals surface area contributed by atoms with Gasteiger partial charge in [0.1, 0.15) is 5.75 Å². The Morgan fingerprint density at radius 1 is 0.963 bits per heavy atom. The maximum Gasteiger partial charge on any atom is 0.419 e. The van der Waals surface area contributed by atoms with Gasteiger partial charge in [0, 0.05) is 43.2 Å². The van der Waals surface area contributed by atoms with E-state index in [1.807, 2.05) is 54.6 Å². The maximum absolute atomic E-state index is 13.0. The van der Waals surface area contributed by atoms with E-state index in [1.165, 1.54) is 12.1 Å². The van der Waals surface area contributed by atoms with E-state index in [1.54, 1.807) is 27.7 Å². The molecule has 2 bridgehead atoms. The number of hydrogen-bond donors (Lipinski definition) is 5. The molecular weight excluding hydrogens is 686 g/mol. The van der Waals surface area contributed by atoms with Crippen LogP contribution in [0.2, 0.25) is 0 Å². The van der Waals surface area contributed by atoms with Gasteiger partial charge in [0.05, 0.1) is 28.9 Å². The molecule has 3 aliphatic rings. The second kappa shape index (κ2) is 15.0. The molecule has 5 N–H and O–H groups in total. The molecule has 3 fully saturated rings. The van der Waals surface area contributed by atoms with Crippen LogP contribution in [0.25, 0.3) is 33.1 Å². The maximum atomic E-state index is 13.0. The smallest absolute Gasteiger partial charge is 0.419 e. The molecule has 2 atom stereocenters. The van der Waals surface area contributed by atoms with Crippen molar-refractivity contribution in [3.05, 3.63) is 129 Å². The van der Waals surface area contributed by atoms with Crippen molar-refractivity contribution >= 4 is 33.8 Å². The minimum Gasteiger partial charge on any atom is -0.506 e. The molecule has 9 rings (SSSR count). The number of piperidine rings is 3. The Kier molecular flexibility index (Phi) is 9.80. The quantitative estimate of drug-likeness (QED) is 0.104. The summed E-state index contributed by atoms with van der Waals surface area (Å²) in [6.07, 6.45) is 1.42. The number of amides is 1. The molecular formula is C42H43N5O7. The van der Waals surface area contributed by atoms with Crippen LogP contribution in [-0.2, 0) is 19.5 Å². The lowest BCUT2D eigenvalue weighted by molar-refractivity contribution is 0.0837. The number of nitrogens with zero attached hydrogens (tertiary/aromatic N) is 3. The van der Waals surface area contributed by atoms with Gasteiger partial charge < -0.3 is 34.9 Å². The second-order valence-electron chi connectivity index (χ2n) is 14.4. The third-order valence-electron chi connectivity index (χ3n) is 11.1. The van der Waals surface area contributed by atoms with Gasteiger partial charge in [-0.05, 0) is 97.3 Å². The third kappa shape index (κ3) is 7.03. The highest BCUT2D eigenvalue weighted by molar-refractivity contribution is 5.94. The number of aromatic nitrogens is 2. The molecule has 4 aromatic carbocycles. The Bertz CT molecular complexity index is 2430. The molecule has 6 aromatic rings. The summed E-state index contributed by atoms with van der Waals surface area (Å²) in [5, 5.41) is 35.6. The predicted molar refractivity (Wildman–Crippen MR) is 207 cm³/mol. The lowest BCUT2D eigenvalue weighted by atomic mass is 9.82. The van der Waals surface area contributed by atoms with Gasteiger partial charge in [-0.2, -0.15) is 0 Å². The first kappa shape index (κ1) is 35.3. The number of oxazole rings is 1. The lowest BCUT2D eigenvalue weighted by Gasteiger charge is -2.48. The molecule has 54 heavy (non-hydrogen) atoms. The molecule has 0 aliphatic carbocycles. The number of H-pyrrole nitrogens is 1. The fourth-order valence-corrected chi connectivity index (χ4v) is 8.33. The van der Waals surface area contributed by atoms with Crippen molar-refractivity contribution in [2.45, 2.75) is 50.9 Å². The van der Waals surface area contributed by atoms with Crippen LogP contribution in [0.3, 0.4) is 0 Å². The number of aromatic hydroxyl groups is 1. The van der Waals surface area contributed by atoms with Crippen LogP contribution in [0.4, 0.5) is 10.5 Å². The van der Waals surface area contributed by atoms with Crippen LogP contribution in [0, 0.1) is 5.92 Å². The fraction of sp³-hybridized carbons (Fsp3) is 0.310. The van der Waals surface area contributed by atoms with Crippen molar-refractivity contribution in [1.29, 1.82) is 0 Å². The lowest BCUT2D eigenvalue weighted by Crippen LogP contribution is -2.59. The van der Waals surface area contributed by atoms with Crippen LogP contribution in [-0.4, -0.2) is 68.1 Å². The van der Waals surface area contributed by atoms with Crippen LogP contribution >= 0.6 is 0 Å². The largest absolute Gasteiger partial charge is 0.506 e. The second-order valence-corrected chi connectivity index (χ2v) is 14.4. The van der Waals surface area contributed by atoms with E-state index in [0.717, 1.165) is 54.7 Å². The Morgan fingerprint density at radius 3 is 2.52 bits per heavy atom. The summed E-state index contributed by atoms with van der Waals surface area (Å²) >= 11 is 0. The van der Waals surface area contributed by atoms with Gasteiger partial charge >= 0.3 is 11.8 Å². The number of pyridine rings is 1. The number of fused-ring (bicyclic) bond motifs is 5. The molecule has 278 valence electrons. The van der Waals surface area contributed by atoms with E-state index in [4.69, 9.17) is 4.42 Å². The highest BCUT2D eigenvalue weighted by Crippen LogP contribution is 2.39. The van der Waals surface area contributed by atoms with E-state index < -0.39 is 18.0 Å². The molecule has 5 heterocycles. The SMILES string of the molecule is O=C(O)N(c1cc(CCCn2c(=O)oc3ccc(CNC[C@@H](O)c4ccc(O)c5[nH]c(=O)ccc45)cc32)ccc1-c1ccccc1)[C@H]1CN2CCC1CC2. The zero-order valence-electron chi connectivity index (χ0n) is 29.8. The molecule has 0 spiro atoms. The number of phenols is 1. The number of benzene rings is 4. The highest BCUT2D eigenvalue weighted by Gasteiger charge is 2.41. The summed E-state index contributed by atoms with van der Waals surface area (Å²) in [4.78, 5) is 44.4. The summed E-state index contributed by atoms with van der Waals surface area (Å²) in [6.45, 7) is 3.81. The van der Waals surface area contributed by atoms with Gasteiger partial charge in [0.15, 0.2) is 5.58 Å². The molecule has 0 saturated carbocycles.